The fraction of sp³-hybridized carbons (Fsp3) is 0.118. The summed E-state index contributed by atoms with van der Waals surface area (Å²) in [6, 6.07) is -0.0436. The number of amides is 1. The molecule has 0 spiro atoms. The number of hydrogen-bond acceptors (Lipinski definition) is 2. The molecule has 140 valence electrons. The van der Waals surface area contributed by atoms with E-state index in [0.29, 0.717) is 4.90 Å². The highest BCUT2D eigenvalue weighted by molar-refractivity contribution is 5.99. The maximum atomic E-state index is 14.9. The number of benzene rings is 2. The number of fused-ring (bicyclic) bond motifs is 1. The molecule has 1 aliphatic heterocycles. The van der Waals surface area contributed by atoms with Crippen LogP contribution in [0.5, 0.6) is 5.75 Å². The molecule has 0 radical (unpaired) electrons. The third-order valence-corrected chi connectivity index (χ3v) is 3.79. The van der Waals surface area contributed by atoms with Gasteiger partial charge >= 0.3 is 0 Å². The van der Waals surface area contributed by atoms with E-state index in [4.69, 9.17) is 6.42 Å². The molecule has 1 heterocycles. The number of nitrogens with zero attached hydrogens (tertiary/aromatic N) is 1. The molecular weight excluding hydrogens is 383 g/mol. The van der Waals surface area contributed by atoms with Gasteiger partial charge in [0.05, 0.1) is 12.1 Å². The monoisotopic (exact) mass is 389 g/mol. The van der Waals surface area contributed by atoms with E-state index in [2.05, 4.69) is 4.74 Å². The zero-order valence-corrected chi connectivity index (χ0v) is 13.0. The van der Waals surface area contributed by atoms with Crippen molar-refractivity contribution in [2.24, 2.45) is 0 Å². The molecule has 0 aliphatic carbocycles. The molecule has 3 rings (SSSR count). The van der Waals surface area contributed by atoms with E-state index < -0.39 is 82.3 Å². The third kappa shape index (κ3) is 2.66. The van der Waals surface area contributed by atoms with Crippen molar-refractivity contribution in [1.82, 2.24) is 0 Å². The first-order valence-electron chi connectivity index (χ1n) is 7.11. The molecule has 3 nitrogen and oxygen atoms in total. The topological polar surface area (TPSA) is 29.5 Å². The van der Waals surface area contributed by atoms with Crippen LogP contribution in [-0.2, 0) is 4.79 Å². The van der Waals surface area contributed by atoms with Gasteiger partial charge in [0.1, 0.15) is 5.69 Å². The lowest BCUT2D eigenvalue weighted by Gasteiger charge is -2.29. The lowest BCUT2D eigenvalue weighted by molar-refractivity contribution is -0.121. The quantitative estimate of drug-likeness (QED) is 0.340. The number of carbonyl (C=O) groups is 1. The lowest BCUT2D eigenvalue weighted by Crippen LogP contribution is -2.40. The Hall–Kier alpha value is -3.22. The van der Waals surface area contributed by atoms with Gasteiger partial charge in [-0.15, -0.1) is 6.42 Å². The molecular formula is C17H6F7NO2. The van der Waals surface area contributed by atoms with Gasteiger partial charge in [-0.05, 0) is 6.07 Å². The summed E-state index contributed by atoms with van der Waals surface area (Å²) in [4.78, 5) is 12.4. The number of carbonyl (C=O) groups excluding carboxylic acids is 1. The van der Waals surface area contributed by atoms with Gasteiger partial charge < -0.3 is 4.74 Å². The SMILES string of the molecule is C#CCN1C(=O)COc2c(F)c(F)c(-c3cc(F)c(F)c(F)c3F)c(F)c21. The summed E-state index contributed by atoms with van der Waals surface area (Å²) >= 11 is 0. The van der Waals surface area contributed by atoms with Crippen LogP contribution in [0, 0.1) is 53.1 Å². The fourth-order valence-corrected chi connectivity index (χ4v) is 2.59. The van der Waals surface area contributed by atoms with Crippen LogP contribution in [0.1, 0.15) is 0 Å². The van der Waals surface area contributed by atoms with Crippen LogP contribution in [0.2, 0.25) is 0 Å². The molecule has 2 aromatic rings. The van der Waals surface area contributed by atoms with Gasteiger partial charge in [0.15, 0.2) is 47.3 Å². The van der Waals surface area contributed by atoms with E-state index in [1.807, 2.05) is 5.92 Å². The number of rotatable bonds is 2. The number of hydrogen-bond donors (Lipinski definition) is 0. The minimum atomic E-state index is -2.35. The maximum Gasteiger partial charge on any atom is 0.265 e. The summed E-state index contributed by atoms with van der Waals surface area (Å²) in [5.41, 5.74) is -3.95. The minimum Gasteiger partial charge on any atom is -0.478 e. The molecule has 27 heavy (non-hydrogen) atoms. The van der Waals surface area contributed by atoms with E-state index in [-0.39, 0.29) is 6.07 Å². The fourth-order valence-electron chi connectivity index (χ4n) is 2.59. The Labute approximate surface area is 147 Å². The lowest BCUT2D eigenvalue weighted by atomic mass is 10.00. The molecule has 1 amide bonds. The van der Waals surface area contributed by atoms with Crippen LogP contribution in [0.3, 0.4) is 0 Å². The molecule has 0 saturated heterocycles. The van der Waals surface area contributed by atoms with E-state index in [9.17, 15) is 35.5 Å². The standard InChI is InChI=1S/C17H6F7NO2/c1-2-3-25-8(26)5-27-17-15(24)12(21)9(13(22)16(17)25)6-4-7(18)11(20)14(23)10(6)19/h1,4H,3,5H2. The first-order valence-corrected chi connectivity index (χ1v) is 7.11. The van der Waals surface area contributed by atoms with Gasteiger partial charge in [-0.3, -0.25) is 9.69 Å². The van der Waals surface area contributed by atoms with Crippen LogP contribution in [0.15, 0.2) is 6.07 Å². The van der Waals surface area contributed by atoms with Gasteiger partial charge in [0.2, 0.25) is 5.82 Å². The Balaban J connectivity index is 2.40. The van der Waals surface area contributed by atoms with E-state index in [1.165, 1.54) is 0 Å². The van der Waals surface area contributed by atoms with Crippen LogP contribution in [-0.4, -0.2) is 19.1 Å². The molecule has 0 bridgehead atoms. The second-order valence-electron chi connectivity index (χ2n) is 5.32. The smallest absolute Gasteiger partial charge is 0.265 e. The molecule has 10 heteroatoms. The summed E-state index contributed by atoms with van der Waals surface area (Å²) in [5.74, 6) is -14.3. The third-order valence-electron chi connectivity index (χ3n) is 3.79. The molecule has 0 saturated carbocycles. The Morgan fingerprint density at radius 1 is 0.963 bits per heavy atom. The first kappa shape index (κ1) is 18.6. The number of anilines is 1. The van der Waals surface area contributed by atoms with Gasteiger partial charge in [-0.25, -0.2) is 26.3 Å². The predicted molar refractivity (Wildman–Crippen MR) is 78.3 cm³/mol. The summed E-state index contributed by atoms with van der Waals surface area (Å²) in [7, 11) is 0. The van der Waals surface area contributed by atoms with Crippen molar-refractivity contribution in [3.05, 3.63) is 46.8 Å². The van der Waals surface area contributed by atoms with E-state index in [0.717, 1.165) is 0 Å². The number of halogens is 7. The molecule has 0 fully saturated rings. The van der Waals surface area contributed by atoms with Crippen molar-refractivity contribution in [2.45, 2.75) is 0 Å². The molecule has 0 atom stereocenters. The highest BCUT2D eigenvalue weighted by Crippen LogP contribution is 2.44. The summed E-state index contributed by atoms with van der Waals surface area (Å²) in [5, 5.41) is 0. The number of ether oxygens (including phenoxy) is 1. The van der Waals surface area contributed by atoms with Gasteiger partial charge in [0, 0.05) is 5.56 Å². The van der Waals surface area contributed by atoms with Crippen molar-refractivity contribution in [1.29, 1.82) is 0 Å². The predicted octanol–water partition coefficient (Wildman–Crippen LogP) is 3.69. The molecule has 0 unspecified atom stereocenters. The van der Waals surface area contributed by atoms with Gasteiger partial charge in [-0.1, -0.05) is 5.92 Å². The Kier molecular flexibility index (Phi) is 4.47. The van der Waals surface area contributed by atoms with Crippen LogP contribution < -0.4 is 9.64 Å². The van der Waals surface area contributed by atoms with Gasteiger partial charge in [-0.2, -0.15) is 4.39 Å². The van der Waals surface area contributed by atoms with Crippen molar-refractivity contribution in [3.63, 3.8) is 0 Å². The molecule has 0 aromatic heterocycles. The zero-order valence-electron chi connectivity index (χ0n) is 13.0. The van der Waals surface area contributed by atoms with Crippen molar-refractivity contribution in [3.8, 4) is 29.2 Å². The normalized spacial score (nSPS) is 13.3. The number of terminal acetylenes is 1. The average Bonchev–Trinajstić information content (AvgIpc) is 2.64. The van der Waals surface area contributed by atoms with Crippen LogP contribution >= 0.6 is 0 Å². The van der Waals surface area contributed by atoms with Crippen molar-refractivity contribution < 1.29 is 40.3 Å². The molecule has 1 aliphatic rings. The maximum absolute atomic E-state index is 14.9. The summed E-state index contributed by atoms with van der Waals surface area (Å²) in [6.07, 6.45) is 5.05. The second-order valence-corrected chi connectivity index (χ2v) is 5.32. The average molecular weight is 389 g/mol. The highest BCUT2D eigenvalue weighted by Gasteiger charge is 2.37. The second kappa shape index (κ2) is 6.50. The van der Waals surface area contributed by atoms with Crippen LogP contribution in [0.4, 0.5) is 36.4 Å². The first-order chi connectivity index (χ1) is 12.7. The van der Waals surface area contributed by atoms with E-state index in [1.54, 1.807) is 0 Å². The minimum absolute atomic E-state index is 0.0436. The van der Waals surface area contributed by atoms with Gasteiger partial charge in [0.25, 0.3) is 5.91 Å². The zero-order chi connectivity index (χ0) is 20.0. The Morgan fingerprint density at radius 3 is 2.26 bits per heavy atom. The largest absolute Gasteiger partial charge is 0.478 e. The van der Waals surface area contributed by atoms with E-state index >= 15 is 0 Å². The highest BCUT2D eigenvalue weighted by atomic mass is 19.2. The Bertz CT molecular complexity index is 1030. The molecule has 0 N–H and O–H groups in total. The van der Waals surface area contributed by atoms with Crippen LogP contribution in [0.25, 0.3) is 11.1 Å². The summed E-state index contributed by atoms with van der Waals surface area (Å²) in [6.45, 7) is -1.36. The molecule has 2 aromatic carbocycles. The van der Waals surface area contributed by atoms with Crippen molar-refractivity contribution in [2.75, 3.05) is 18.1 Å². The summed E-state index contributed by atoms with van der Waals surface area (Å²) < 4.78 is 102. The Morgan fingerprint density at radius 2 is 1.63 bits per heavy atom. The van der Waals surface area contributed by atoms with Crippen molar-refractivity contribution >= 4 is 11.6 Å².